The van der Waals surface area contributed by atoms with Crippen molar-refractivity contribution in [1.29, 1.82) is 0 Å². The summed E-state index contributed by atoms with van der Waals surface area (Å²) in [6.07, 6.45) is 3.81. The van der Waals surface area contributed by atoms with Crippen LogP contribution in [0.25, 0.3) is 0 Å². The van der Waals surface area contributed by atoms with Crippen molar-refractivity contribution in [2.24, 2.45) is 17.8 Å². The van der Waals surface area contributed by atoms with Crippen LogP contribution in [0.1, 0.15) is 52.7 Å². The van der Waals surface area contributed by atoms with E-state index in [9.17, 15) is 9.90 Å². The minimum Gasteiger partial charge on any atom is -0.496 e. The minimum atomic E-state index is -0.848. The van der Waals surface area contributed by atoms with E-state index in [0.29, 0.717) is 29.2 Å². The fourth-order valence-electron chi connectivity index (χ4n) is 5.85. The summed E-state index contributed by atoms with van der Waals surface area (Å²) >= 11 is 0. The van der Waals surface area contributed by atoms with Gasteiger partial charge in [-0.2, -0.15) is 0 Å². The van der Waals surface area contributed by atoms with Gasteiger partial charge < -0.3 is 15.2 Å². The highest BCUT2D eigenvalue weighted by atomic mass is 16.5. The number of hydrogen-bond donors (Lipinski definition) is 2. The summed E-state index contributed by atoms with van der Waals surface area (Å²) < 4.78 is 5.65. The Balaban J connectivity index is 1.65. The van der Waals surface area contributed by atoms with Crippen molar-refractivity contribution in [3.05, 3.63) is 59.2 Å². The monoisotopic (exact) mass is 349 g/mol. The van der Waals surface area contributed by atoms with E-state index in [0.717, 1.165) is 11.4 Å². The van der Waals surface area contributed by atoms with Crippen LogP contribution in [-0.4, -0.2) is 18.2 Å². The first-order valence-electron chi connectivity index (χ1n) is 9.44. The zero-order valence-corrected chi connectivity index (χ0v) is 14.8. The molecule has 26 heavy (non-hydrogen) atoms. The molecule has 0 radical (unpaired) electrons. The predicted molar refractivity (Wildman–Crippen MR) is 99.8 cm³/mol. The quantitative estimate of drug-likeness (QED) is 0.844. The van der Waals surface area contributed by atoms with Gasteiger partial charge in [0.05, 0.1) is 18.7 Å². The Labute approximate surface area is 153 Å². The summed E-state index contributed by atoms with van der Waals surface area (Å²) in [4.78, 5) is 11.5. The first kappa shape index (κ1) is 15.7. The lowest BCUT2D eigenvalue weighted by Gasteiger charge is -2.43. The normalized spacial score (nSPS) is 31.0. The molecule has 2 aromatic carbocycles. The highest BCUT2D eigenvalue weighted by Gasteiger charge is 2.54. The Kier molecular flexibility index (Phi) is 3.49. The van der Waals surface area contributed by atoms with Gasteiger partial charge in [0, 0.05) is 11.3 Å². The number of anilines is 1. The van der Waals surface area contributed by atoms with Gasteiger partial charge in [0.15, 0.2) is 0 Å². The van der Waals surface area contributed by atoms with Crippen molar-refractivity contribution < 1.29 is 14.6 Å². The van der Waals surface area contributed by atoms with Gasteiger partial charge in [-0.15, -0.1) is 0 Å². The van der Waals surface area contributed by atoms with Gasteiger partial charge in [-0.25, -0.2) is 4.79 Å². The van der Waals surface area contributed by atoms with Crippen LogP contribution in [0.5, 0.6) is 5.75 Å². The molecule has 3 aliphatic rings. The van der Waals surface area contributed by atoms with Gasteiger partial charge in [-0.05, 0) is 72.8 Å². The Hall–Kier alpha value is -2.49. The van der Waals surface area contributed by atoms with Crippen LogP contribution in [0, 0.1) is 17.8 Å². The number of carboxylic acids is 1. The van der Waals surface area contributed by atoms with E-state index < -0.39 is 5.97 Å². The third-order valence-corrected chi connectivity index (χ3v) is 6.81. The second-order valence-corrected chi connectivity index (χ2v) is 7.91. The summed E-state index contributed by atoms with van der Waals surface area (Å²) in [6.45, 7) is 0. The van der Waals surface area contributed by atoms with E-state index in [1.807, 2.05) is 24.3 Å². The van der Waals surface area contributed by atoms with E-state index in [1.54, 1.807) is 13.2 Å². The van der Waals surface area contributed by atoms with Crippen LogP contribution in [0.4, 0.5) is 5.69 Å². The predicted octanol–water partition coefficient (Wildman–Crippen LogP) is 4.69. The van der Waals surface area contributed by atoms with Crippen LogP contribution >= 0.6 is 0 Å². The van der Waals surface area contributed by atoms with E-state index in [2.05, 4.69) is 17.4 Å². The van der Waals surface area contributed by atoms with Crippen molar-refractivity contribution in [2.45, 2.75) is 31.2 Å². The number of carbonyl (C=O) groups is 1. The molecule has 0 spiro atoms. The summed E-state index contributed by atoms with van der Waals surface area (Å²) in [5, 5.41) is 13.2. The topological polar surface area (TPSA) is 58.6 Å². The first-order chi connectivity index (χ1) is 12.7. The molecule has 2 saturated carbocycles. The molecule has 0 aromatic heterocycles. The molecular formula is C22H23NO3. The van der Waals surface area contributed by atoms with Gasteiger partial charge >= 0.3 is 5.97 Å². The Morgan fingerprint density at radius 2 is 1.92 bits per heavy atom. The summed E-state index contributed by atoms with van der Waals surface area (Å²) in [6, 6.07) is 14.1. The van der Waals surface area contributed by atoms with Crippen molar-refractivity contribution in [3.8, 4) is 5.75 Å². The molecule has 0 unspecified atom stereocenters. The number of benzene rings is 2. The SMILES string of the molecule is COc1ccccc1[C@@H]1Nc2ccc(C(=O)O)cc2[C@H]2[C@H]3CC[C@@H](C3)[C@H]21. The lowest BCUT2D eigenvalue weighted by Crippen LogP contribution is -2.35. The van der Waals surface area contributed by atoms with Crippen LogP contribution in [-0.2, 0) is 0 Å². The molecule has 0 saturated heterocycles. The van der Waals surface area contributed by atoms with Crippen LogP contribution < -0.4 is 10.1 Å². The maximum absolute atomic E-state index is 11.5. The molecule has 4 heteroatoms. The molecule has 2 bridgehead atoms. The fourth-order valence-corrected chi connectivity index (χ4v) is 5.85. The molecule has 0 amide bonds. The number of aromatic carboxylic acids is 1. The van der Waals surface area contributed by atoms with E-state index in [-0.39, 0.29) is 6.04 Å². The number of rotatable bonds is 3. The van der Waals surface area contributed by atoms with Crippen molar-refractivity contribution in [2.75, 3.05) is 12.4 Å². The van der Waals surface area contributed by atoms with Crippen LogP contribution in [0.15, 0.2) is 42.5 Å². The maximum Gasteiger partial charge on any atom is 0.335 e. The number of fused-ring (bicyclic) bond motifs is 7. The third-order valence-electron chi connectivity index (χ3n) is 6.81. The lowest BCUT2D eigenvalue weighted by molar-refractivity contribution is 0.0696. The molecule has 4 nitrogen and oxygen atoms in total. The van der Waals surface area contributed by atoms with Gasteiger partial charge in [-0.1, -0.05) is 18.2 Å². The molecule has 5 rings (SSSR count). The molecule has 1 heterocycles. The summed E-state index contributed by atoms with van der Waals surface area (Å²) in [5.41, 5.74) is 3.89. The number of para-hydroxylation sites is 1. The minimum absolute atomic E-state index is 0.217. The molecule has 2 N–H and O–H groups in total. The fraction of sp³-hybridized carbons (Fsp3) is 0.409. The number of methoxy groups -OCH3 is 1. The average Bonchev–Trinajstić information content (AvgIpc) is 3.29. The lowest BCUT2D eigenvalue weighted by atomic mass is 9.67. The Bertz CT molecular complexity index is 877. The van der Waals surface area contributed by atoms with E-state index in [1.165, 1.54) is 30.4 Å². The highest BCUT2D eigenvalue weighted by molar-refractivity contribution is 5.88. The standard InChI is InChI=1S/C22H23NO3/c1-26-18-5-3-2-4-15(18)21-20-13-7-6-12(10-13)19(20)16-11-14(22(24)25)8-9-17(16)23-21/h2-5,8-9,11-13,19-21,23H,6-7,10H2,1H3,(H,24,25)/t12-,13-,19+,20+,21-/m0/s1. The molecule has 2 aromatic rings. The van der Waals surface area contributed by atoms with Crippen molar-refractivity contribution in [3.63, 3.8) is 0 Å². The van der Waals surface area contributed by atoms with Gasteiger partial charge in [0.2, 0.25) is 0 Å². The molecule has 134 valence electrons. The van der Waals surface area contributed by atoms with Gasteiger partial charge in [0.25, 0.3) is 0 Å². The Morgan fingerprint density at radius 3 is 2.73 bits per heavy atom. The first-order valence-corrected chi connectivity index (χ1v) is 9.44. The molecule has 2 aliphatic carbocycles. The molecule has 2 fully saturated rings. The summed E-state index contributed by atoms with van der Waals surface area (Å²) in [5.74, 6) is 2.40. The second kappa shape index (κ2) is 5.76. The van der Waals surface area contributed by atoms with Gasteiger partial charge in [0.1, 0.15) is 5.75 Å². The third kappa shape index (κ3) is 2.17. The zero-order valence-electron chi connectivity index (χ0n) is 14.8. The van der Waals surface area contributed by atoms with E-state index in [4.69, 9.17) is 4.74 Å². The van der Waals surface area contributed by atoms with Crippen molar-refractivity contribution in [1.82, 2.24) is 0 Å². The van der Waals surface area contributed by atoms with Gasteiger partial charge in [-0.3, -0.25) is 0 Å². The average molecular weight is 349 g/mol. The van der Waals surface area contributed by atoms with Crippen LogP contribution in [0.3, 0.4) is 0 Å². The number of hydrogen-bond acceptors (Lipinski definition) is 3. The maximum atomic E-state index is 11.5. The number of carboxylic acid groups (broad SMARTS) is 1. The zero-order chi connectivity index (χ0) is 17.8. The number of nitrogens with one attached hydrogen (secondary N) is 1. The molecule has 1 aliphatic heterocycles. The molecule has 5 atom stereocenters. The highest BCUT2D eigenvalue weighted by Crippen LogP contribution is 2.64. The number of ether oxygens (including phenoxy) is 1. The van der Waals surface area contributed by atoms with Crippen molar-refractivity contribution >= 4 is 11.7 Å². The van der Waals surface area contributed by atoms with E-state index >= 15 is 0 Å². The largest absolute Gasteiger partial charge is 0.496 e. The summed E-state index contributed by atoms with van der Waals surface area (Å²) in [7, 11) is 1.73. The molecular weight excluding hydrogens is 326 g/mol. The smallest absolute Gasteiger partial charge is 0.335 e. The second-order valence-electron chi connectivity index (χ2n) is 7.91. The van der Waals surface area contributed by atoms with Crippen LogP contribution in [0.2, 0.25) is 0 Å². The Morgan fingerprint density at radius 1 is 1.12 bits per heavy atom.